The van der Waals surface area contributed by atoms with Gasteiger partial charge in [0.15, 0.2) is 0 Å². The Bertz CT molecular complexity index is 1310. The molecule has 0 aromatic heterocycles. The minimum absolute atomic E-state index is 0.0364. The van der Waals surface area contributed by atoms with Crippen molar-refractivity contribution in [1.29, 1.82) is 0 Å². The zero-order chi connectivity index (χ0) is 27.9. The van der Waals surface area contributed by atoms with Gasteiger partial charge in [0.05, 0.1) is 0 Å². The maximum Gasteiger partial charge on any atom is 0.430 e. The standard InChI is InChI=1S/C20H12F12N2O2/c21-17(22,23)15(35,18(24,25)26)9-4-6-10(33)8-3-1-7-2-5-11(34)14(12(7)13(8)9)16(36,19(27,28)29)20(30,31)32/h1-6,35-36H,33-34H2. The second-order valence-corrected chi connectivity index (χ2v) is 7.73. The number of nitrogens with two attached hydrogens (primary N) is 2. The van der Waals surface area contributed by atoms with Crippen molar-refractivity contribution in [1.82, 2.24) is 0 Å². The fourth-order valence-electron chi connectivity index (χ4n) is 3.90. The first kappa shape index (κ1) is 27.4. The third-order valence-corrected chi connectivity index (χ3v) is 5.62. The highest BCUT2D eigenvalue weighted by Gasteiger charge is 2.74. The molecule has 0 radical (unpaired) electrons. The zero-order valence-corrected chi connectivity index (χ0v) is 17.0. The highest BCUT2D eigenvalue weighted by atomic mass is 19.4. The van der Waals surface area contributed by atoms with Crippen LogP contribution in [0.1, 0.15) is 11.1 Å². The minimum atomic E-state index is -6.61. The molecule has 0 unspecified atom stereocenters. The molecule has 0 amide bonds. The normalized spacial score (nSPS) is 14.6. The van der Waals surface area contributed by atoms with Crippen LogP contribution in [-0.2, 0) is 11.2 Å². The molecule has 3 aromatic carbocycles. The van der Waals surface area contributed by atoms with Crippen molar-refractivity contribution >= 4 is 32.9 Å². The van der Waals surface area contributed by atoms with E-state index in [2.05, 4.69) is 0 Å². The SMILES string of the molecule is Nc1ccc2ccc3c(N)ccc(C(O)(C(F)(F)F)C(F)(F)F)c3c2c1C(O)(C(F)(F)F)C(F)(F)F. The molecule has 6 N–H and O–H groups in total. The van der Waals surface area contributed by atoms with Gasteiger partial charge in [0.25, 0.3) is 11.2 Å². The number of hydrogen-bond acceptors (Lipinski definition) is 4. The lowest BCUT2D eigenvalue weighted by molar-refractivity contribution is -0.376. The van der Waals surface area contributed by atoms with Crippen molar-refractivity contribution in [3.63, 3.8) is 0 Å². The van der Waals surface area contributed by atoms with Crippen LogP contribution < -0.4 is 11.5 Å². The molecule has 0 saturated carbocycles. The Morgan fingerprint density at radius 2 is 0.917 bits per heavy atom. The molecule has 0 aliphatic carbocycles. The lowest BCUT2D eigenvalue weighted by atomic mass is 9.80. The lowest BCUT2D eigenvalue weighted by Crippen LogP contribution is -2.55. The monoisotopic (exact) mass is 540 g/mol. The molecule has 4 nitrogen and oxygen atoms in total. The summed E-state index contributed by atoms with van der Waals surface area (Å²) in [7, 11) is 0. The minimum Gasteiger partial charge on any atom is -0.398 e. The molecule has 0 aliphatic rings. The largest absolute Gasteiger partial charge is 0.430 e. The van der Waals surface area contributed by atoms with Gasteiger partial charge in [-0.3, -0.25) is 0 Å². The van der Waals surface area contributed by atoms with Crippen molar-refractivity contribution < 1.29 is 62.9 Å². The smallest absolute Gasteiger partial charge is 0.398 e. The summed E-state index contributed by atoms with van der Waals surface area (Å²) in [5, 5.41) is 15.1. The Morgan fingerprint density at radius 1 is 0.500 bits per heavy atom. The molecule has 0 atom stereocenters. The first-order chi connectivity index (χ1) is 16.0. The van der Waals surface area contributed by atoms with Crippen molar-refractivity contribution in [2.45, 2.75) is 35.9 Å². The molecule has 16 heteroatoms. The molecule has 0 bridgehead atoms. The van der Waals surface area contributed by atoms with Gasteiger partial charge in [0.1, 0.15) is 0 Å². The Hall–Kier alpha value is -3.14. The van der Waals surface area contributed by atoms with E-state index in [1.807, 2.05) is 0 Å². The number of anilines is 2. The average molecular weight is 540 g/mol. The first-order valence-electron chi connectivity index (χ1n) is 9.27. The number of rotatable bonds is 2. The molecule has 0 fully saturated rings. The fraction of sp³-hybridized carbons (Fsp3) is 0.300. The summed E-state index contributed by atoms with van der Waals surface area (Å²) in [6.07, 6.45) is -26.4. The molecular formula is C20H12F12N2O2. The molecular weight excluding hydrogens is 528 g/mol. The Labute approximate surface area is 191 Å². The van der Waals surface area contributed by atoms with Gasteiger partial charge < -0.3 is 21.7 Å². The van der Waals surface area contributed by atoms with Crippen LogP contribution in [0.2, 0.25) is 0 Å². The predicted molar refractivity (Wildman–Crippen MR) is 102 cm³/mol. The highest BCUT2D eigenvalue weighted by molar-refractivity contribution is 6.15. The van der Waals surface area contributed by atoms with E-state index in [9.17, 15) is 62.9 Å². The third kappa shape index (κ3) is 3.56. The summed E-state index contributed by atoms with van der Waals surface area (Å²) in [6.45, 7) is 0. The molecule has 3 rings (SSSR count). The second kappa shape index (κ2) is 7.68. The number of halogens is 12. The molecule has 0 spiro atoms. The third-order valence-electron chi connectivity index (χ3n) is 5.62. The summed E-state index contributed by atoms with van der Waals surface area (Å²) in [5.74, 6) is 0. The van der Waals surface area contributed by atoms with E-state index in [4.69, 9.17) is 11.5 Å². The Balaban J connectivity index is 2.79. The van der Waals surface area contributed by atoms with Gasteiger partial charge in [-0.2, -0.15) is 52.7 Å². The molecule has 0 heterocycles. The number of fused-ring (bicyclic) bond motifs is 3. The number of benzene rings is 3. The summed E-state index contributed by atoms with van der Waals surface area (Å²) in [5.41, 5.74) is -7.35. The van der Waals surface area contributed by atoms with Crippen LogP contribution in [0.3, 0.4) is 0 Å². The van der Waals surface area contributed by atoms with Crippen LogP contribution in [0.4, 0.5) is 64.1 Å². The van der Waals surface area contributed by atoms with Gasteiger partial charge in [-0.25, -0.2) is 0 Å². The number of aliphatic hydroxyl groups is 2. The maximum atomic E-state index is 13.7. The van der Waals surface area contributed by atoms with Crippen LogP contribution in [0.25, 0.3) is 21.5 Å². The summed E-state index contributed by atoms with van der Waals surface area (Å²) < 4.78 is 164. The van der Waals surface area contributed by atoms with E-state index < -0.39 is 80.0 Å². The lowest BCUT2D eigenvalue weighted by Gasteiger charge is -2.36. The van der Waals surface area contributed by atoms with E-state index >= 15 is 0 Å². The van der Waals surface area contributed by atoms with Crippen LogP contribution in [-0.4, -0.2) is 34.9 Å². The van der Waals surface area contributed by atoms with Crippen molar-refractivity contribution in [2.24, 2.45) is 0 Å². The Kier molecular flexibility index (Phi) is 5.85. The molecule has 0 aliphatic heterocycles. The first-order valence-corrected chi connectivity index (χ1v) is 9.27. The van der Waals surface area contributed by atoms with Gasteiger partial charge >= 0.3 is 24.7 Å². The topological polar surface area (TPSA) is 92.5 Å². The summed E-state index contributed by atoms with van der Waals surface area (Å²) >= 11 is 0. The van der Waals surface area contributed by atoms with E-state index in [1.54, 1.807) is 0 Å². The number of nitrogen functional groups attached to an aromatic ring is 2. The highest BCUT2D eigenvalue weighted by Crippen LogP contribution is 2.57. The fourth-order valence-corrected chi connectivity index (χ4v) is 3.90. The van der Waals surface area contributed by atoms with E-state index in [-0.39, 0.29) is 6.07 Å². The number of hydrogen-bond donors (Lipinski definition) is 4. The average Bonchev–Trinajstić information content (AvgIpc) is 2.69. The van der Waals surface area contributed by atoms with Gasteiger partial charge in [0, 0.05) is 27.9 Å². The zero-order valence-electron chi connectivity index (χ0n) is 17.0. The molecule has 36 heavy (non-hydrogen) atoms. The van der Waals surface area contributed by atoms with Gasteiger partial charge in [0.2, 0.25) is 0 Å². The van der Waals surface area contributed by atoms with Gasteiger partial charge in [-0.15, -0.1) is 0 Å². The molecule has 198 valence electrons. The molecule has 3 aromatic rings. The summed E-state index contributed by atoms with van der Waals surface area (Å²) in [4.78, 5) is 0. The van der Waals surface area contributed by atoms with Crippen LogP contribution >= 0.6 is 0 Å². The summed E-state index contributed by atoms with van der Waals surface area (Å²) in [6, 6.07) is 3.02. The van der Waals surface area contributed by atoms with Crippen molar-refractivity contribution in [2.75, 3.05) is 11.5 Å². The van der Waals surface area contributed by atoms with Crippen LogP contribution in [0.5, 0.6) is 0 Å². The van der Waals surface area contributed by atoms with Crippen molar-refractivity contribution in [3.05, 3.63) is 47.5 Å². The van der Waals surface area contributed by atoms with Gasteiger partial charge in [-0.05, 0) is 28.3 Å². The van der Waals surface area contributed by atoms with E-state index in [0.717, 1.165) is 12.1 Å². The predicted octanol–water partition coefficient (Wildman–Crippen LogP) is 5.78. The molecule has 0 saturated heterocycles. The van der Waals surface area contributed by atoms with Crippen molar-refractivity contribution in [3.8, 4) is 0 Å². The van der Waals surface area contributed by atoms with E-state index in [1.165, 1.54) is 0 Å². The van der Waals surface area contributed by atoms with Crippen LogP contribution in [0.15, 0.2) is 36.4 Å². The van der Waals surface area contributed by atoms with Crippen LogP contribution in [0, 0.1) is 0 Å². The Morgan fingerprint density at radius 3 is 1.36 bits per heavy atom. The van der Waals surface area contributed by atoms with E-state index in [0.29, 0.717) is 18.2 Å². The van der Waals surface area contributed by atoms with Gasteiger partial charge in [-0.1, -0.05) is 24.3 Å². The number of alkyl halides is 12. The second-order valence-electron chi connectivity index (χ2n) is 7.73. The maximum absolute atomic E-state index is 13.7. The quantitative estimate of drug-likeness (QED) is 0.188.